The summed E-state index contributed by atoms with van der Waals surface area (Å²) in [5.41, 5.74) is 0. The average molecular weight is 295 g/mol. The summed E-state index contributed by atoms with van der Waals surface area (Å²) in [6.07, 6.45) is 0.911. The normalized spacial score (nSPS) is 14.0. The van der Waals surface area contributed by atoms with Crippen LogP contribution in [0.5, 0.6) is 0 Å². The van der Waals surface area contributed by atoms with Gasteiger partial charge in [0.05, 0.1) is 0 Å². The zero-order valence-corrected chi connectivity index (χ0v) is 15.3. The molecule has 0 N–H and O–H groups in total. The lowest BCUT2D eigenvalue weighted by Gasteiger charge is -2.36. The van der Waals surface area contributed by atoms with Crippen molar-refractivity contribution < 1.29 is 17.7 Å². The van der Waals surface area contributed by atoms with Crippen LogP contribution < -0.4 is 0 Å². The van der Waals surface area contributed by atoms with Gasteiger partial charge in [0.15, 0.2) is 8.32 Å². The fraction of sp³-hybridized carbons (Fsp3) is 1.00. The van der Waals surface area contributed by atoms with Crippen molar-refractivity contribution in [1.29, 1.82) is 0 Å². The van der Waals surface area contributed by atoms with Gasteiger partial charge >= 0.3 is 8.80 Å². The second-order valence-corrected chi connectivity index (χ2v) is 13.9. The van der Waals surface area contributed by atoms with E-state index in [4.69, 9.17) is 17.7 Å². The molecule has 0 aromatic rings. The van der Waals surface area contributed by atoms with Gasteiger partial charge in [0, 0.05) is 34.0 Å². The lowest BCUT2D eigenvalue weighted by atomic mass is 10.2. The monoisotopic (exact) mass is 294 g/mol. The molecule has 0 unspecified atom stereocenters. The Labute approximate surface area is 114 Å². The van der Waals surface area contributed by atoms with Gasteiger partial charge in [-0.2, -0.15) is 0 Å². The maximum atomic E-state index is 6.12. The SMILES string of the molecule is CO[Si](CCCO[Si](C)(C)C(C)(C)C)(OC)OC. The highest BCUT2D eigenvalue weighted by molar-refractivity contribution is 6.74. The van der Waals surface area contributed by atoms with Crippen molar-refractivity contribution in [3.63, 3.8) is 0 Å². The summed E-state index contributed by atoms with van der Waals surface area (Å²) in [5.74, 6) is 0. The predicted molar refractivity (Wildman–Crippen MR) is 79.4 cm³/mol. The van der Waals surface area contributed by atoms with Crippen molar-refractivity contribution in [3.8, 4) is 0 Å². The number of rotatable bonds is 8. The second-order valence-electron chi connectivity index (χ2n) is 6.01. The summed E-state index contributed by atoms with van der Waals surface area (Å²) in [6.45, 7) is 12.0. The third-order valence-electron chi connectivity index (χ3n) is 3.83. The lowest BCUT2D eigenvalue weighted by Crippen LogP contribution is -2.44. The van der Waals surface area contributed by atoms with Crippen LogP contribution in [0.15, 0.2) is 0 Å². The molecule has 0 spiro atoms. The van der Waals surface area contributed by atoms with E-state index in [2.05, 4.69) is 33.9 Å². The maximum absolute atomic E-state index is 6.12. The zero-order valence-electron chi connectivity index (χ0n) is 13.3. The minimum Gasteiger partial charge on any atom is -0.417 e. The van der Waals surface area contributed by atoms with Gasteiger partial charge in [-0.3, -0.25) is 0 Å². The van der Waals surface area contributed by atoms with Gasteiger partial charge in [0.1, 0.15) is 0 Å². The maximum Gasteiger partial charge on any atom is 0.500 e. The Balaban J connectivity index is 4.14. The summed E-state index contributed by atoms with van der Waals surface area (Å²) in [4.78, 5) is 0. The molecular formula is C12H30O4Si2. The molecule has 0 aliphatic heterocycles. The molecule has 0 aliphatic rings. The van der Waals surface area contributed by atoms with E-state index in [0.717, 1.165) is 19.1 Å². The first-order chi connectivity index (χ1) is 8.14. The molecule has 0 fully saturated rings. The Kier molecular flexibility index (Phi) is 7.27. The van der Waals surface area contributed by atoms with E-state index >= 15 is 0 Å². The molecule has 0 aromatic heterocycles. The summed E-state index contributed by atoms with van der Waals surface area (Å²) in [5, 5.41) is 0.255. The van der Waals surface area contributed by atoms with Crippen LogP contribution in [-0.2, 0) is 17.7 Å². The van der Waals surface area contributed by atoms with E-state index in [1.165, 1.54) is 0 Å². The van der Waals surface area contributed by atoms with Crippen LogP contribution in [0.1, 0.15) is 27.2 Å². The molecule has 0 saturated heterocycles. The van der Waals surface area contributed by atoms with Crippen LogP contribution in [-0.4, -0.2) is 45.1 Å². The van der Waals surface area contributed by atoms with Crippen LogP contribution >= 0.6 is 0 Å². The molecule has 0 heterocycles. The molecule has 0 rings (SSSR count). The molecule has 0 bridgehead atoms. The highest BCUT2D eigenvalue weighted by Crippen LogP contribution is 2.36. The van der Waals surface area contributed by atoms with Crippen molar-refractivity contribution >= 4 is 17.1 Å². The fourth-order valence-electron chi connectivity index (χ4n) is 1.39. The molecule has 4 nitrogen and oxygen atoms in total. The molecule has 0 radical (unpaired) electrons. The molecular weight excluding hydrogens is 264 g/mol. The van der Waals surface area contributed by atoms with Crippen molar-refractivity contribution in [3.05, 3.63) is 0 Å². The van der Waals surface area contributed by atoms with Gasteiger partial charge in [0.25, 0.3) is 0 Å². The van der Waals surface area contributed by atoms with Gasteiger partial charge in [-0.1, -0.05) is 20.8 Å². The van der Waals surface area contributed by atoms with Crippen LogP contribution in [0.3, 0.4) is 0 Å². The van der Waals surface area contributed by atoms with Crippen molar-refractivity contribution in [1.82, 2.24) is 0 Å². The standard InChI is InChI=1S/C12H30O4Si2/c1-12(2,3)17(7,8)16-10-9-11-18(13-4,14-5)15-6/h9-11H2,1-8H3. The van der Waals surface area contributed by atoms with Crippen LogP contribution in [0.2, 0.25) is 24.2 Å². The number of hydrogen-bond donors (Lipinski definition) is 0. The van der Waals surface area contributed by atoms with E-state index in [1.807, 2.05) is 0 Å². The van der Waals surface area contributed by atoms with Crippen LogP contribution in [0.25, 0.3) is 0 Å². The molecule has 0 atom stereocenters. The summed E-state index contributed by atoms with van der Waals surface area (Å²) in [7, 11) is 0.877. The Hall–Kier alpha value is 0.274. The van der Waals surface area contributed by atoms with Crippen LogP contribution in [0, 0.1) is 0 Å². The van der Waals surface area contributed by atoms with Gasteiger partial charge in [-0.15, -0.1) is 0 Å². The van der Waals surface area contributed by atoms with E-state index in [-0.39, 0.29) is 5.04 Å². The van der Waals surface area contributed by atoms with Crippen LogP contribution in [0.4, 0.5) is 0 Å². The van der Waals surface area contributed by atoms with Crippen molar-refractivity contribution in [2.24, 2.45) is 0 Å². The third-order valence-corrected chi connectivity index (χ3v) is 11.2. The van der Waals surface area contributed by atoms with Gasteiger partial charge in [-0.25, -0.2) is 0 Å². The summed E-state index contributed by atoms with van der Waals surface area (Å²) < 4.78 is 22.3. The molecule has 110 valence electrons. The Morgan fingerprint density at radius 3 is 1.67 bits per heavy atom. The van der Waals surface area contributed by atoms with E-state index in [0.29, 0.717) is 0 Å². The predicted octanol–water partition coefficient (Wildman–Crippen LogP) is 3.28. The first-order valence-corrected chi connectivity index (χ1v) is 11.3. The van der Waals surface area contributed by atoms with E-state index in [1.54, 1.807) is 21.3 Å². The minimum atomic E-state index is -2.42. The molecule has 0 saturated carbocycles. The molecule has 0 aliphatic carbocycles. The Morgan fingerprint density at radius 1 is 0.889 bits per heavy atom. The molecule has 0 amide bonds. The summed E-state index contributed by atoms with van der Waals surface area (Å²) >= 11 is 0. The average Bonchev–Trinajstić information content (AvgIpc) is 2.29. The third kappa shape index (κ3) is 5.10. The lowest BCUT2D eigenvalue weighted by molar-refractivity contribution is 0.120. The fourth-order valence-corrected chi connectivity index (χ4v) is 4.17. The first kappa shape index (κ1) is 18.3. The quantitative estimate of drug-likeness (QED) is 0.508. The smallest absolute Gasteiger partial charge is 0.417 e. The summed E-state index contributed by atoms with van der Waals surface area (Å²) in [6, 6.07) is 0.797. The van der Waals surface area contributed by atoms with Gasteiger partial charge in [-0.05, 0) is 24.6 Å². The zero-order chi connectivity index (χ0) is 14.4. The molecule has 0 aromatic carbocycles. The van der Waals surface area contributed by atoms with E-state index < -0.39 is 17.1 Å². The minimum absolute atomic E-state index is 0.255. The van der Waals surface area contributed by atoms with Crippen molar-refractivity contribution in [2.45, 2.75) is 51.4 Å². The number of hydrogen-bond acceptors (Lipinski definition) is 4. The highest BCUT2D eigenvalue weighted by atomic mass is 28.4. The Morgan fingerprint density at radius 2 is 1.33 bits per heavy atom. The van der Waals surface area contributed by atoms with E-state index in [9.17, 15) is 0 Å². The highest BCUT2D eigenvalue weighted by Gasteiger charge is 2.39. The topological polar surface area (TPSA) is 36.9 Å². The van der Waals surface area contributed by atoms with Crippen molar-refractivity contribution in [2.75, 3.05) is 27.9 Å². The first-order valence-electron chi connectivity index (χ1n) is 6.43. The molecule has 6 heteroatoms. The largest absolute Gasteiger partial charge is 0.500 e. The molecule has 18 heavy (non-hydrogen) atoms. The second kappa shape index (κ2) is 7.16. The van der Waals surface area contributed by atoms with Gasteiger partial charge in [0.2, 0.25) is 0 Å². The Bertz CT molecular complexity index is 222. The van der Waals surface area contributed by atoms with Gasteiger partial charge < -0.3 is 17.7 Å².